The van der Waals surface area contributed by atoms with E-state index in [2.05, 4.69) is 0 Å². The molecule has 2 heterocycles. The van der Waals surface area contributed by atoms with E-state index in [1.807, 2.05) is 0 Å². The maximum atomic E-state index is 13.8. The molecule has 1 atom stereocenters. The molecule has 0 radical (unpaired) electrons. The molecule has 2 saturated heterocycles. The molecule has 25 heavy (non-hydrogen) atoms. The van der Waals surface area contributed by atoms with E-state index in [1.54, 1.807) is 4.90 Å². The van der Waals surface area contributed by atoms with E-state index in [0.717, 1.165) is 22.9 Å². The van der Waals surface area contributed by atoms with Gasteiger partial charge in [0.05, 0.1) is 0 Å². The van der Waals surface area contributed by atoms with Crippen molar-refractivity contribution in [2.75, 3.05) is 26.2 Å². The molecule has 1 aromatic carbocycles. The average molecular weight is 373 g/mol. The molecular formula is C16H21F2N3O3S. The number of nitrogens with zero attached hydrogens (tertiary/aromatic N) is 2. The zero-order valence-corrected chi connectivity index (χ0v) is 14.5. The number of amides is 1. The van der Waals surface area contributed by atoms with Gasteiger partial charge in [-0.2, -0.15) is 4.31 Å². The van der Waals surface area contributed by atoms with Crippen LogP contribution in [0.2, 0.25) is 0 Å². The molecule has 2 fully saturated rings. The van der Waals surface area contributed by atoms with Crippen molar-refractivity contribution in [1.82, 2.24) is 9.21 Å². The Morgan fingerprint density at radius 2 is 1.80 bits per heavy atom. The third kappa shape index (κ3) is 3.68. The maximum Gasteiger partial charge on any atom is 0.246 e. The van der Waals surface area contributed by atoms with Gasteiger partial charge in [0, 0.05) is 38.1 Å². The number of hydrogen-bond donors (Lipinski definition) is 1. The van der Waals surface area contributed by atoms with Gasteiger partial charge in [0.2, 0.25) is 15.9 Å². The lowest BCUT2D eigenvalue weighted by Gasteiger charge is -2.32. The molecule has 2 aliphatic rings. The predicted molar refractivity (Wildman–Crippen MR) is 87.0 cm³/mol. The lowest BCUT2D eigenvalue weighted by molar-refractivity contribution is -0.135. The Morgan fingerprint density at radius 3 is 2.40 bits per heavy atom. The molecule has 2 aliphatic heterocycles. The molecule has 0 saturated carbocycles. The summed E-state index contributed by atoms with van der Waals surface area (Å²) < 4.78 is 53.3. The smallest absolute Gasteiger partial charge is 0.246 e. The van der Waals surface area contributed by atoms with Gasteiger partial charge < -0.3 is 10.6 Å². The Balaban J connectivity index is 1.67. The fraction of sp³-hybridized carbons (Fsp3) is 0.562. The van der Waals surface area contributed by atoms with E-state index < -0.39 is 26.6 Å². The summed E-state index contributed by atoms with van der Waals surface area (Å²) in [6, 6.07) is 2.36. The number of hydrogen-bond acceptors (Lipinski definition) is 4. The molecule has 6 nitrogen and oxygen atoms in total. The second-order valence-corrected chi connectivity index (χ2v) is 8.49. The van der Waals surface area contributed by atoms with Crippen molar-refractivity contribution in [3.8, 4) is 0 Å². The number of carbonyl (C=O) groups is 1. The fourth-order valence-corrected chi connectivity index (χ4v) is 4.95. The van der Waals surface area contributed by atoms with Gasteiger partial charge in [-0.15, -0.1) is 0 Å². The summed E-state index contributed by atoms with van der Waals surface area (Å²) in [7, 11) is -4.12. The second-order valence-electron chi connectivity index (χ2n) is 6.59. The zero-order valence-electron chi connectivity index (χ0n) is 13.7. The number of nitrogens with two attached hydrogens (primary N) is 1. The minimum atomic E-state index is -4.12. The van der Waals surface area contributed by atoms with Crippen molar-refractivity contribution in [3.63, 3.8) is 0 Å². The number of sulfonamides is 1. The molecule has 0 aromatic heterocycles. The molecule has 138 valence electrons. The Bertz CT molecular complexity index is 764. The van der Waals surface area contributed by atoms with Gasteiger partial charge in [-0.1, -0.05) is 0 Å². The van der Waals surface area contributed by atoms with Crippen molar-refractivity contribution >= 4 is 15.9 Å². The Kier molecular flexibility index (Phi) is 5.08. The van der Waals surface area contributed by atoms with Crippen LogP contribution in [0.4, 0.5) is 8.78 Å². The largest absolute Gasteiger partial charge is 0.341 e. The second kappa shape index (κ2) is 6.97. The van der Waals surface area contributed by atoms with Gasteiger partial charge >= 0.3 is 0 Å². The van der Waals surface area contributed by atoms with Crippen molar-refractivity contribution in [2.45, 2.75) is 30.2 Å². The maximum absolute atomic E-state index is 13.8. The molecule has 0 aliphatic carbocycles. The molecular weight excluding hydrogens is 352 g/mol. The molecule has 2 N–H and O–H groups in total. The van der Waals surface area contributed by atoms with Crippen molar-refractivity contribution in [2.24, 2.45) is 11.7 Å². The normalized spacial score (nSPS) is 23.2. The highest BCUT2D eigenvalue weighted by atomic mass is 32.2. The third-order valence-electron chi connectivity index (χ3n) is 4.85. The van der Waals surface area contributed by atoms with Crippen LogP contribution in [0.15, 0.2) is 23.1 Å². The van der Waals surface area contributed by atoms with Crippen LogP contribution in [0.25, 0.3) is 0 Å². The summed E-state index contributed by atoms with van der Waals surface area (Å²) in [5, 5.41) is 0. The predicted octanol–water partition coefficient (Wildman–Crippen LogP) is 0.925. The Morgan fingerprint density at radius 1 is 1.12 bits per heavy atom. The number of benzene rings is 1. The van der Waals surface area contributed by atoms with E-state index in [9.17, 15) is 22.0 Å². The van der Waals surface area contributed by atoms with E-state index >= 15 is 0 Å². The highest BCUT2D eigenvalue weighted by molar-refractivity contribution is 7.89. The summed E-state index contributed by atoms with van der Waals surface area (Å²) >= 11 is 0. The Labute approximate surface area is 145 Å². The van der Waals surface area contributed by atoms with Crippen molar-refractivity contribution < 1.29 is 22.0 Å². The molecule has 1 aromatic rings. The van der Waals surface area contributed by atoms with Gasteiger partial charge in [0.15, 0.2) is 0 Å². The SMILES string of the molecule is N[C@@H]1CCN(C(=O)C2CCN(S(=O)(=O)c3cc(F)ccc3F)CC2)C1. The van der Waals surface area contributed by atoms with Crippen LogP contribution in [-0.4, -0.2) is 55.8 Å². The Hall–Kier alpha value is -1.58. The quantitative estimate of drug-likeness (QED) is 0.854. The summed E-state index contributed by atoms with van der Waals surface area (Å²) in [5.41, 5.74) is 5.81. The van der Waals surface area contributed by atoms with E-state index in [4.69, 9.17) is 5.73 Å². The first-order valence-electron chi connectivity index (χ1n) is 8.28. The van der Waals surface area contributed by atoms with Crippen molar-refractivity contribution in [3.05, 3.63) is 29.8 Å². The topological polar surface area (TPSA) is 83.7 Å². The third-order valence-corrected chi connectivity index (χ3v) is 6.76. The van der Waals surface area contributed by atoms with Crippen LogP contribution in [-0.2, 0) is 14.8 Å². The number of rotatable bonds is 3. The van der Waals surface area contributed by atoms with Crippen molar-refractivity contribution in [1.29, 1.82) is 0 Å². The summed E-state index contributed by atoms with van der Waals surface area (Å²) in [5.74, 6) is -2.04. The van der Waals surface area contributed by atoms with E-state index in [-0.39, 0.29) is 31.0 Å². The van der Waals surface area contributed by atoms with Crippen LogP contribution in [0.3, 0.4) is 0 Å². The summed E-state index contributed by atoms with van der Waals surface area (Å²) in [6.45, 7) is 1.38. The molecule has 9 heteroatoms. The summed E-state index contributed by atoms with van der Waals surface area (Å²) in [6.07, 6.45) is 1.50. The first-order chi connectivity index (χ1) is 11.8. The average Bonchev–Trinajstić information content (AvgIpc) is 3.03. The molecule has 0 spiro atoms. The van der Waals surface area contributed by atoms with Crippen LogP contribution >= 0.6 is 0 Å². The first-order valence-corrected chi connectivity index (χ1v) is 9.72. The van der Waals surface area contributed by atoms with Crippen LogP contribution in [0.1, 0.15) is 19.3 Å². The molecule has 3 rings (SSSR count). The van der Waals surface area contributed by atoms with Crippen LogP contribution < -0.4 is 5.73 Å². The molecule has 0 bridgehead atoms. The minimum absolute atomic E-state index is 0.000342. The highest BCUT2D eigenvalue weighted by Crippen LogP contribution is 2.27. The monoisotopic (exact) mass is 373 g/mol. The number of likely N-dealkylation sites (tertiary alicyclic amines) is 1. The highest BCUT2D eigenvalue weighted by Gasteiger charge is 2.36. The summed E-state index contributed by atoms with van der Waals surface area (Å²) in [4.78, 5) is 13.5. The lowest BCUT2D eigenvalue weighted by Crippen LogP contribution is -2.44. The van der Waals surface area contributed by atoms with E-state index in [0.29, 0.717) is 32.0 Å². The zero-order chi connectivity index (χ0) is 18.2. The lowest BCUT2D eigenvalue weighted by atomic mass is 9.97. The number of halogens is 2. The molecule has 0 unspecified atom stereocenters. The fourth-order valence-electron chi connectivity index (χ4n) is 3.40. The van der Waals surface area contributed by atoms with Crippen LogP contribution in [0.5, 0.6) is 0 Å². The van der Waals surface area contributed by atoms with Gasteiger partial charge in [0.25, 0.3) is 0 Å². The van der Waals surface area contributed by atoms with Gasteiger partial charge in [-0.3, -0.25) is 4.79 Å². The standard InChI is InChI=1S/C16H21F2N3O3S/c17-12-1-2-14(18)15(9-12)25(23,24)21-7-3-11(4-8-21)16(22)20-6-5-13(19)10-20/h1-2,9,11,13H,3-8,10,19H2/t13-/m1/s1. The molecule has 1 amide bonds. The van der Waals surface area contributed by atoms with E-state index in [1.165, 1.54) is 0 Å². The minimum Gasteiger partial charge on any atom is -0.341 e. The first kappa shape index (κ1) is 18.2. The van der Waals surface area contributed by atoms with Gasteiger partial charge in [-0.05, 0) is 37.5 Å². The van der Waals surface area contributed by atoms with Gasteiger partial charge in [0.1, 0.15) is 16.5 Å². The van der Waals surface area contributed by atoms with Crippen LogP contribution in [0, 0.1) is 17.6 Å². The number of piperidine rings is 1. The number of carbonyl (C=O) groups excluding carboxylic acids is 1. The van der Waals surface area contributed by atoms with Gasteiger partial charge in [-0.25, -0.2) is 17.2 Å².